The molecule has 1 atom stereocenters. The lowest BCUT2D eigenvalue weighted by Crippen LogP contribution is -2.30. The van der Waals surface area contributed by atoms with Crippen molar-refractivity contribution in [3.63, 3.8) is 0 Å². The molecule has 6 nitrogen and oxygen atoms in total. The van der Waals surface area contributed by atoms with E-state index in [4.69, 9.17) is 14.2 Å². The van der Waals surface area contributed by atoms with Gasteiger partial charge in [0.2, 0.25) is 0 Å². The van der Waals surface area contributed by atoms with E-state index in [1.807, 2.05) is 0 Å². The molecule has 64 heavy (non-hydrogen) atoms. The van der Waals surface area contributed by atoms with E-state index in [1.165, 1.54) is 57.8 Å². The minimum Gasteiger partial charge on any atom is -0.462 e. The van der Waals surface area contributed by atoms with Crippen molar-refractivity contribution in [3.05, 3.63) is 109 Å². The Morgan fingerprint density at radius 1 is 0.328 bits per heavy atom. The van der Waals surface area contributed by atoms with E-state index in [1.54, 1.807) is 0 Å². The van der Waals surface area contributed by atoms with Gasteiger partial charge in [-0.25, -0.2) is 0 Å². The van der Waals surface area contributed by atoms with Crippen molar-refractivity contribution in [2.45, 2.75) is 226 Å². The Morgan fingerprint density at radius 2 is 0.609 bits per heavy atom. The quantitative estimate of drug-likeness (QED) is 0.0262. The number of unbranched alkanes of at least 4 members (excludes halogenated alkanes) is 16. The summed E-state index contributed by atoms with van der Waals surface area (Å²) in [7, 11) is 0. The molecule has 6 heteroatoms. The van der Waals surface area contributed by atoms with Gasteiger partial charge in [0.05, 0.1) is 0 Å². The van der Waals surface area contributed by atoms with E-state index in [0.717, 1.165) is 116 Å². The van der Waals surface area contributed by atoms with Gasteiger partial charge in [0.15, 0.2) is 6.10 Å². The highest BCUT2D eigenvalue weighted by Gasteiger charge is 2.19. The second-order valence-electron chi connectivity index (χ2n) is 16.7. The molecule has 362 valence electrons. The van der Waals surface area contributed by atoms with Crippen LogP contribution in [0.1, 0.15) is 220 Å². The van der Waals surface area contributed by atoms with Gasteiger partial charge in [-0.2, -0.15) is 0 Å². The Balaban J connectivity index is 4.28. The number of esters is 3. The molecule has 0 aliphatic heterocycles. The van der Waals surface area contributed by atoms with Crippen molar-refractivity contribution in [1.29, 1.82) is 0 Å². The van der Waals surface area contributed by atoms with Crippen molar-refractivity contribution in [2.75, 3.05) is 13.2 Å². The van der Waals surface area contributed by atoms with Crippen molar-refractivity contribution >= 4 is 17.9 Å². The molecule has 0 N–H and O–H groups in total. The molecule has 0 radical (unpaired) electrons. The molecule has 0 saturated carbocycles. The highest BCUT2D eigenvalue weighted by atomic mass is 16.6. The molecule has 0 aromatic carbocycles. The Bertz CT molecular complexity index is 1340. The van der Waals surface area contributed by atoms with Gasteiger partial charge < -0.3 is 14.2 Å². The van der Waals surface area contributed by atoms with Crippen LogP contribution in [0.4, 0.5) is 0 Å². The second-order valence-corrected chi connectivity index (χ2v) is 16.7. The third-order valence-corrected chi connectivity index (χ3v) is 10.5. The van der Waals surface area contributed by atoms with Gasteiger partial charge in [-0.15, -0.1) is 0 Å². The fourth-order valence-electron chi connectivity index (χ4n) is 6.63. The van der Waals surface area contributed by atoms with Gasteiger partial charge in [-0.05, 0) is 109 Å². The third-order valence-electron chi connectivity index (χ3n) is 10.5. The topological polar surface area (TPSA) is 78.9 Å². The SMILES string of the molecule is CC/C=C\C/C=C\C/C=C\C/C=C\C/C=C\C/C=C\C/C=C\C/C=C\CCCCC(=O)OCC(COC(=O)CCCCCCCC)OC(=O)CCCCCCC/C=C\CCCCCC. The first-order valence-corrected chi connectivity index (χ1v) is 25.9. The van der Waals surface area contributed by atoms with Crippen molar-refractivity contribution < 1.29 is 28.6 Å². The zero-order chi connectivity index (χ0) is 46.5. The zero-order valence-electron chi connectivity index (χ0n) is 41.3. The molecular formula is C58H94O6. The van der Waals surface area contributed by atoms with E-state index >= 15 is 0 Å². The minimum absolute atomic E-state index is 0.0968. The summed E-state index contributed by atoms with van der Waals surface area (Å²) in [5.74, 6) is -0.968. The molecule has 0 heterocycles. The van der Waals surface area contributed by atoms with E-state index < -0.39 is 6.10 Å². The molecule has 0 spiro atoms. The summed E-state index contributed by atoms with van der Waals surface area (Å²) >= 11 is 0. The molecule has 0 aromatic rings. The van der Waals surface area contributed by atoms with Gasteiger partial charge in [0, 0.05) is 19.3 Å². The molecule has 0 bridgehead atoms. The second kappa shape index (κ2) is 51.7. The molecule has 0 aliphatic rings. The number of carbonyl (C=O) groups excluding carboxylic acids is 3. The Labute approximate surface area is 393 Å². The van der Waals surface area contributed by atoms with Gasteiger partial charge >= 0.3 is 17.9 Å². The molecule has 1 unspecified atom stereocenters. The van der Waals surface area contributed by atoms with Crippen molar-refractivity contribution in [2.24, 2.45) is 0 Å². The van der Waals surface area contributed by atoms with Crippen molar-refractivity contribution in [1.82, 2.24) is 0 Å². The Morgan fingerprint density at radius 3 is 1.02 bits per heavy atom. The van der Waals surface area contributed by atoms with E-state index in [9.17, 15) is 14.4 Å². The number of rotatable bonds is 45. The minimum atomic E-state index is -0.797. The standard InChI is InChI=1S/C58H94O6/c1-4-7-10-13-16-18-20-22-23-24-25-26-27-28-29-30-31-32-33-34-35-37-38-40-42-45-48-51-57(60)63-54-55(53-62-56(59)50-47-44-15-12-9-6-3)64-58(61)52-49-46-43-41-39-36-21-19-17-14-11-8-5-2/h7,10,16,18-19,21-23,25-26,28-29,31-32,34-35,38,40,55H,4-6,8-9,11-15,17,20,24,27,30,33,36-37,39,41-54H2,1-3H3/b10-7-,18-16-,21-19-,23-22-,26-25-,29-28-,32-31-,35-34-,40-38-. The van der Waals surface area contributed by atoms with Crippen LogP contribution < -0.4 is 0 Å². The summed E-state index contributed by atoms with van der Waals surface area (Å²) in [6, 6.07) is 0. The largest absolute Gasteiger partial charge is 0.462 e. The predicted octanol–water partition coefficient (Wildman–Crippen LogP) is 17.1. The van der Waals surface area contributed by atoms with Crippen LogP contribution in [0, 0.1) is 0 Å². The number of hydrogen-bond acceptors (Lipinski definition) is 6. The normalized spacial score (nSPS) is 13.0. The number of allylic oxidation sites excluding steroid dienone is 18. The molecular weight excluding hydrogens is 793 g/mol. The van der Waals surface area contributed by atoms with E-state index in [-0.39, 0.29) is 31.1 Å². The van der Waals surface area contributed by atoms with Crippen LogP contribution in [-0.2, 0) is 28.6 Å². The van der Waals surface area contributed by atoms with Gasteiger partial charge in [0.25, 0.3) is 0 Å². The highest BCUT2D eigenvalue weighted by Crippen LogP contribution is 2.12. The maximum Gasteiger partial charge on any atom is 0.306 e. The van der Waals surface area contributed by atoms with Crippen molar-refractivity contribution in [3.8, 4) is 0 Å². The summed E-state index contributed by atoms with van der Waals surface area (Å²) in [4.78, 5) is 37.7. The summed E-state index contributed by atoms with van der Waals surface area (Å²) in [5, 5.41) is 0. The lowest BCUT2D eigenvalue weighted by molar-refractivity contribution is -0.167. The first-order valence-electron chi connectivity index (χ1n) is 25.9. The smallest absolute Gasteiger partial charge is 0.306 e. The lowest BCUT2D eigenvalue weighted by atomic mass is 10.1. The predicted molar refractivity (Wildman–Crippen MR) is 274 cm³/mol. The van der Waals surface area contributed by atoms with Crippen LogP contribution in [0.5, 0.6) is 0 Å². The molecule has 0 saturated heterocycles. The van der Waals surface area contributed by atoms with Crippen LogP contribution in [0.25, 0.3) is 0 Å². The van der Waals surface area contributed by atoms with Gasteiger partial charge in [-0.3, -0.25) is 14.4 Å². The number of hydrogen-bond donors (Lipinski definition) is 0. The maximum atomic E-state index is 12.7. The maximum absolute atomic E-state index is 12.7. The molecule has 0 fully saturated rings. The highest BCUT2D eigenvalue weighted by molar-refractivity contribution is 5.71. The average Bonchev–Trinajstić information content (AvgIpc) is 3.29. The van der Waals surface area contributed by atoms with Crippen LogP contribution in [0.2, 0.25) is 0 Å². The molecule has 0 aromatic heterocycles. The number of ether oxygens (including phenoxy) is 3. The fourth-order valence-corrected chi connectivity index (χ4v) is 6.63. The summed E-state index contributed by atoms with van der Waals surface area (Å²) in [5.41, 5.74) is 0. The lowest BCUT2D eigenvalue weighted by Gasteiger charge is -2.18. The van der Waals surface area contributed by atoms with E-state index in [0.29, 0.717) is 25.7 Å². The van der Waals surface area contributed by atoms with Gasteiger partial charge in [0.1, 0.15) is 13.2 Å². The van der Waals surface area contributed by atoms with Crippen LogP contribution in [-0.4, -0.2) is 37.2 Å². The fraction of sp³-hybridized carbons (Fsp3) is 0.638. The van der Waals surface area contributed by atoms with Crippen LogP contribution in [0.3, 0.4) is 0 Å². The first-order chi connectivity index (χ1) is 31.5. The number of carbonyl (C=O) groups is 3. The average molecular weight is 887 g/mol. The molecule has 0 amide bonds. The first kappa shape index (κ1) is 60.1. The zero-order valence-corrected chi connectivity index (χ0v) is 41.3. The Kier molecular flexibility index (Phi) is 48.5. The van der Waals surface area contributed by atoms with E-state index in [2.05, 4.69) is 130 Å². The summed E-state index contributed by atoms with van der Waals surface area (Å²) in [6.07, 6.45) is 69.6. The molecule has 0 rings (SSSR count). The monoisotopic (exact) mass is 887 g/mol. The summed E-state index contributed by atoms with van der Waals surface area (Å²) < 4.78 is 16.6. The van der Waals surface area contributed by atoms with Crippen LogP contribution >= 0.6 is 0 Å². The third kappa shape index (κ3) is 49.1. The Hall–Kier alpha value is -3.93. The molecule has 0 aliphatic carbocycles. The van der Waals surface area contributed by atoms with Gasteiger partial charge in [-0.1, -0.05) is 201 Å². The van der Waals surface area contributed by atoms with Crippen LogP contribution in [0.15, 0.2) is 109 Å². The summed E-state index contributed by atoms with van der Waals surface area (Å²) in [6.45, 7) is 6.38.